The Balaban J connectivity index is 2.08. The number of carbonyl (C=O) groups excluding carboxylic acids is 1. The molecule has 0 aliphatic carbocycles. The molecule has 2 rings (SSSR count). The van der Waals surface area contributed by atoms with Gasteiger partial charge in [-0.1, -0.05) is 28.1 Å². The van der Waals surface area contributed by atoms with E-state index >= 15 is 0 Å². The largest absolute Gasteiger partial charge is 0.462 e. The third-order valence-electron chi connectivity index (χ3n) is 2.82. The Kier molecular flexibility index (Phi) is 5.16. The molecular weight excluding hydrogens is 334 g/mol. The second-order valence-electron chi connectivity index (χ2n) is 4.36. The van der Waals surface area contributed by atoms with Gasteiger partial charge in [0.25, 0.3) is 0 Å². The summed E-state index contributed by atoms with van der Waals surface area (Å²) in [4.78, 5) is 15.9. The number of nitrogen functional groups attached to an aromatic ring is 1. The van der Waals surface area contributed by atoms with Gasteiger partial charge in [-0.2, -0.15) is 0 Å². The van der Waals surface area contributed by atoms with E-state index in [2.05, 4.69) is 26.2 Å². The molecule has 0 radical (unpaired) electrons. The minimum Gasteiger partial charge on any atom is -0.462 e. The van der Waals surface area contributed by atoms with E-state index in [-0.39, 0.29) is 0 Å². The van der Waals surface area contributed by atoms with Crippen LogP contribution in [-0.2, 0) is 11.3 Å². The van der Waals surface area contributed by atoms with Crippen molar-refractivity contribution < 1.29 is 9.53 Å². The Hall–Kier alpha value is -2.08. The van der Waals surface area contributed by atoms with Crippen molar-refractivity contribution in [3.8, 4) is 0 Å². The van der Waals surface area contributed by atoms with Crippen LogP contribution < -0.4 is 11.1 Å². The number of pyridine rings is 1. The zero-order valence-corrected chi connectivity index (χ0v) is 13.2. The van der Waals surface area contributed by atoms with Gasteiger partial charge in [0.1, 0.15) is 5.82 Å². The molecule has 6 heteroatoms. The fourth-order valence-electron chi connectivity index (χ4n) is 1.74. The first-order valence-electron chi connectivity index (χ1n) is 6.51. The van der Waals surface area contributed by atoms with E-state index in [1.807, 2.05) is 24.3 Å². The smallest absolute Gasteiger partial charge is 0.340 e. The highest BCUT2D eigenvalue weighted by Crippen LogP contribution is 2.17. The van der Waals surface area contributed by atoms with E-state index in [1.165, 1.54) is 6.20 Å². The SMILES string of the molecule is CCOC(=O)c1cc(NCc2ccc(Br)cc2)ncc1N. The number of nitrogens with two attached hydrogens (primary N) is 1. The molecule has 3 N–H and O–H groups in total. The Morgan fingerprint density at radius 2 is 2.10 bits per heavy atom. The number of hydrogen-bond donors (Lipinski definition) is 2. The molecule has 0 aliphatic heterocycles. The molecule has 0 saturated heterocycles. The lowest BCUT2D eigenvalue weighted by Crippen LogP contribution is -2.10. The van der Waals surface area contributed by atoms with Crippen molar-refractivity contribution in [1.29, 1.82) is 0 Å². The Bertz CT molecular complexity index is 629. The molecule has 0 unspecified atom stereocenters. The molecule has 2 aromatic rings. The molecule has 0 saturated carbocycles. The Labute approximate surface area is 131 Å². The predicted molar refractivity (Wildman–Crippen MR) is 86.1 cm³/mol. The third kappa shape index (κ3) is 4.19. The van der Waals surface area contributed by atoms with Gasteiger partial charge in [-0.3, -0.25) is 0 Å². The predicted octanol–water partition coefficient (Wildman–Crippen LogP) is 3.22. The summed E-state index contributed by atoms with van der Waals surface area (Å²) in [5.41, 5.74) is 7.49. The van der Waals surface area contributed by atoms with Gasteiger partial charge in [0.05, 0.1) is 24.1 Å². The number of anilines is 2. The number of hydrogen-bond acceptors (Lipinski definition) is 5. The number of halogens is 1. The van der Waals surface area contributed by atoms with Crippen LogP contribution in [0.4, 0.5) is 11.5 Å². The van der Waals surface area contributed by atoms with Gasteiger partial charge < -0.3 is 15.8 Å². The number of esters is 1. The highest BCUT2D eigenvalue weighted by molar-refractivity contribution is 9.10. The average Bonchev–Trinajstić information content (AvgIpc) is 2.48. The molecule has 1 aromatic heterocycles. The molecule has 110 valence electrons. The second-order valence-corrected chi connectivity index (χ2v) is 5.27. The van der Waals surface area contributed by atoms with Crippen molar-refractivity contribution in [2.75, 3.05) is 17.7 Å². The number of aromatic nitrogens is 1. The van der Waals surface area contributed by atoms with Crippen molar-refractivity contribution in [3.05, 3.63) is 52.1 Å². The van der Waals surface area contributed by atoms with Gasteiger partial charge in [0, 0.05) is 11.0 Å². The van der Waals surface area contributed by atoms with E-state index in [4.69, 9.17) is 10.5 Å². The van der Waals surface area contributed by atoms with Gasteiger partial charge in [-0.05, 0) is 30.7 Å². The summed E-state index contributed by atoms with van der Waals surface area (Å²) in [5.74, 6) is 0.138. The van der Waals surface area contributed by atoms with E-state index in [0.717, 1.165) is 10.0 Å². The first kappa shape index (κ1) is 15.3. The molecular formula is C15H16BrN3O2. The lowest BCUT2D eigenvalue weighted by atomic mass is 10.2. The lowest BCUT2D eigenvalue weighted by molar-refractivity contribution is 0.0527. The molecule has 5 nitrogen and oxygen atoms in total. The topological polar surface area (TPSA) is 77.2 Å². The van der Waals surface area contributed by atoms with Gasteiger partial charge in [-0.15, -0.1) is 0 Å². The number of carbonyl (C=O) groups is 1. The van der Waals surface area contributed by atoms with E-state index in [9.17, 15) is 4.79 Å². The van der Waals surface area contributed by atoms with Gasteiger partial charge in [-0.25, -0.2) is 9.78 Å². The van der Waals surface area contributed by atoms with Crippen LogP contribution in [0.2, 0.25) is 0 Å². The number of nitrogens with one attached hydrogen (secondary N) is 1. The summed E-state index contributed by atoms with van der Waals surface area (Å²) in [6.07, 6.45) is 1.45. The molecule has 0 aliphatic rings. The average molecular weight is 350 g/mol. The van der Waals surface area contributed by atoms with Crippen LogP contribution in [0, 0.1) is 0 Å². The van der Waals surface area contributed by atoms with Crippen molar-refractivity contribution in [3.63, 3.8) is 0 Å². The summed E-state index contributed by atoms with van der Waals surface area (Å²) in [6.45, 7) is 2.66. The Morgan fingerprint density at radius 3 is 2.76 bits per heavy atom. The molecule has 21 heavy (non-hydrogen) atoms. The molecule has 0 atom stereocenters. The molecule has 1 aromatic carbocycles. The van der Waals surface area contributed by atoms with E-state index in [1.54, 1.807) is 13.0 Å². The summed E-state index contributed by atoms with van der Waals surface area (Å²) >= 11 is 3.39. The van der Waals surface area contributed by atoms with Crippen molar-refractivity contribution in [2.45, 2.75) is 13.5 Å². The number of nitrogens with zero attached hydrogens (tertiary/aromatic N) is 1. The summed E-state index contributed by atoms with van der Waals surface area (Å²) in [7, 11) is 0. The van der Waals surface area contributed by atoms with Gasteiger partial charge in [0.15, 0.2) is 0 Å². The highest BCUT2D eigenvalue weighted by atomic mass is 79.9. The standard InChI is InChI=1S/C15H16BrN3O2/c1-2-21-15(20)12-7-14(19-9-13(12)17)18-8-10-3-5-11(16)6-4-10/h3-7,9H,2,8,17H2,1H3,(H,18,19). The zero-order valence-electron chi connectivity index (χ0n) is 11.6. The van der Waals surface area contributed by atoms with E-state index < -0.39 is 5.97 Å². The minimum absolute atomic E-state index is 0.308. The van der Waals surface area contributed by atoms with Crippen LogP contribution in [0.5, 0.6) is 0 Å². The fourth-order valence-corrected chi connectivity index (χ4v) is 2.01. The fraction of sp³-hybridized carbons (Fsp3) is 0.200. The van der Waals surface area contributed by atoms with Gasteiger partial charge >= 0.3 is 5.97 Å². The first-order chi connectivity index (χ1) is 10.1. The van der Waals surface area contributed by atoms with Crippen LogP contribution in [0.1, 0.15) is 22.8 Å². The number of benzene rings is 1. The summed E-state index contributed by atoms with van der Waals surface area (Å²) in [5, 5.41) is 3.16. The normalized spacial score (nSPS) is 10.2. The van der Waals surface area contributed by atoms with Crippen molar-refractivity contribution in [2.24, 2.45) is 0 Å². The number of rotatable bonds is 5. The van der Waals surface area contributed by atoms with Crippen LogP contribution >= 0.6 is 15.9 Å². The van der Waals surface area contributed by atoms with Crippen LogP contribution in [0.3, 0.4) is 0 Å². The summed E-state index contributed by atoms with van der Waals surface area (Å²) < 4.78 is 5.99. The number of ether oxygens (including phenoxy) is 1. The van der Waals surface area contributed by atoms with Crippen molar-refractivity contribution in [1.82, 2.24) is 4.98 Å². The third-order valence-corrected chi connectivity index (χ3v) is 3.35. The summed E-state index contributed by atoms with van der Waals surface area (Å²) in [6, 6.07) is 9.54. The van der Waals surface area contributed by atoms with Crippen LogP contribution in [0.15, 0.2) is 41.0 Å². The van der Waals surface area contributed by atoms with Gasteiger partial charge in [0.2, 0.25) is 0 Å². The molecule has 0 amide bonds. The maximum atomic E-state index is 11.8. The maximum absolute atomic E-state index is 11.8. The van der Waals surface area contributed by atoms with Crippen LogP contribution in [-0.4, -0.2) is 17.6 Å². The zero-order chi connectivity index (χ0) is 15.2. The lowest BCUT2D eigenvalue weighted by Gasteiger charge is -2.09. The first-order valence-corrected chi connectivity index (χ1v) is 7.30. The maximum Gasteiger partial charge on any atom is 0.340 e. The highest BCUT2D eigenvalue weighted by Gasteiger charge is 2.12. The van der Waals surface area contributed by atoms with E-state index in [0.29, 0.717) is 30.2 Å². The monoisotopic (exact) mass is 349 g/mol. The quantitative estimate of drug-likeness (QED) is 0.810. The molecule has 1 heterocycles. The van der Waals surface area contributed by atoms with Crippen LogP contribution in [0.25, 0.3) is 0 Å². The Morgan fingerprint density at radius 1 is 1.38 bits per heavy atom. The van der Waals surface area contributed by atoms with Crippen molar-refractivity contribution >= 4 is 33.4 Å². The minimum atomic E-state index is -0.441. The molecule has 0 bridgehead atoms. The molecule has 0 spiro atoms. The molecule has 0 fully saturated rings. The second kappa shape index (κ2) is 7.08.